The standard InChI is InChI=1S/C7H4ClN3O2/c8-4-1-2-5(9-3-4)6-10-11-7(12)13-6/h1-3H,(H,11,12). The van der Waals surface area contributed by atoms with Crippen LogP contribution in [0.2, 0.25) is 5.02 Å². The van der Waals surface area contributed by atoms with Gasteiger partial charge in [0.2, 0.25) is 0 Å². The van der Waals surface area contributed by atoms with Crippen molar-refractivity contribution in [2.75, 3.05) is 0 Å². The van der Waals surface area contributed by atoms with Gasteiger partial charge >= 0.3 is 5.76 Å². The maximum absolute atomic E-state index is 10.6. The predicted octanol–water partition coefficient (Wildman–Crippen LogP) is 1.08. The van der Waals surface area contributed by atoms with E-state index in [9.17, 15) is 4.79 Å². The fourth-order valence-corrected chi connectivity index (χ4v) is 0.954. The van der Waals surface area contributed by atoms with Crippen molar-refractivity contribution in [2.45, 2.75) is 0 Å². The maximum Gasteiger partial charge on any atom is 0.434 e. The number of rotatable bonds is 1. The average Bonchev–Trinajstić information content (AvgIpc) is 2.53. The van der Waals surface area contributed by atoms with Crippen LogP contribution in [0, 0.1) is 0 Å². The van der Waals surface area contributed by atoms with Gasteiger partial charge in [-0.3, -0.25) is 0 Å². The van der Waals surface area contributed by atoms with Crippen LogP contribution in [0.3, 0.4) is 0 Å². The van der Waals surface area contributed by atoms with E-state index in [2.05, 4.69) is 19.6 Å². The Kier molecular flexibility index (Phi) is 1.86. The maximum atomic E-state index is 10.6. The van der Waals surface area contributed by atoms with Crippen LogP contribution in [0.4, 0.5) is 0 Å². The van der Waals surface area contributed by atoms with Gasteiger partial charge in [-0.05, 0) is 12.1 Å². The molecular formula is C7H4ClN3O2. The number of nitrogens with zero attached hydrogens (tertiary/aromatic N) is 2. The molecule has 0 fully saturated rings. The van der Waals surface area contributed by atoms with Crippen LogP contribution in [-0.4, -0.2) is 15.2 Å². The smallest absolute Gasteiger partial charge is 0.386 e. The molecule has 2 heterocycles. The van der Waals surface area contributed by atoms with Gasteiger partial charge in [-0.15, -0.1) is 5.10 Å². The van der Waals surface area contributed by atoms with Crippen molar-refractivity contribution in [3.8, 4) is 11.6 Å². The Bertz CT molecular complexity index is 459. The Labute approximate surface area is 77.4 Å². The molecule has 0 aliphatic rings. The molecule has 2 rings (SSSR count). The number of nitrogens with one attached hydrogen (secondary N) is 1. The molecule has 0 atom stereocenters. The van der Waals surface area contributed by atoms with E-state index in [-0.39, 0.29) is 5.89 Å². The lowest BCUT2D eigenvalue weighted by Crippen LogP contribution is -1.93. The SMILES string of the molecule is O=c1[nH]nc(-c2ccc(Cl)cn2)o1. The molecule has 66 valence electrons. The molecule has 0 saturated heterocycles. The van der Waals surface area contributed by atoms with Gasteiger partial charge in [0.1, 0.15) is 5.69 Å². The Morgan fingerprint density at radius 1 is 1.46 bits per heavy atom. The summed E-state index contributed by atoms with van der Waals surface area (Å²) in [5, 5.41) is 6.26. The summed E-state index contributed by atoms with van der Waals surface area (Å²) in [6.45, 7) is 0. The molecule has 1 N–H and O–H groups in total. The van der Waals surface area contributed by atoms with Gasteiger partial charge in [0.25, 0.3) is 5.89 Å². The van der Waals surface area contributed by atoms with E-state index in [0.717, 1.165) is 0 Å². The second-order valence-electron chi connectivity index (χ2n) is 2.28. The Morgan fingerprint density at radius 3 is 2.85 bits per heavy atom. The van der Waals surface area contributed by atoms with Gasteiger partial charge in [-0.25, -0.2) is 14.9 Å². The third-order valence-corrected chi connectivity index (χ3v) is 1.61. The molecule has 0 unspecified atom stereocenters. The third-order valence-electron chi connectivity index (χ3n) is 1.38. The molecule has 0 amide bonds. The van der Waals surface area contributed by atoms with Crippen LogP contribution in [0.25, 0.3) is 11.6 Å². The molecule has 13 heavy (non-hydrogen) atoms. The van der Waals surface area contributed by atoms with E-state index in [1.54, 1.807) is 12.1 Å². The van der Waals surface area contributed by atoms with E-state index in [1.807, 2.05) is 0 Å². The minimum absolute atomic E-state index is 0.154. The third kappa shape index (κ3) is 1.59. The van der Waals surface area contributed by atoms with Crippen LogP contribution in [-0.2, 0) is 0 Å². The second kappa shape index (κ2) is 3.02. The number of hydrogen-bond acceptors (Lipinski definition) is 4. The number of pyridine rings is 1. The minimum Gasteiger partial charge on any atom is -0.386 e. The van der Waals surface area contributed by atoms with Crippen molar-refractivity contribution in [2.24, 2.45) is 0 Å². The molecule has 0 radical (unpaired) electrons. The Balaban J connectivity index is 2.47. The lowest BCUT2D eigenvalue weighted by molar-refractivity contribution is 0.525. The predicted molar refractivity (Wildman–Crippen MR) is 45.4 cm³/mol. The number of H-pyrrole nitrogens is 1. The summed E-state index contributed by atoms with van der Waals surface area (Å²) in [5.41, 5.74) is 0.461. The van der Waals surface area contributed by atoms with E-state index >= 15 is 0 Å². The molecule has 2 aromatic rings. The van der Waals surface area contributed by atoms with Crippen molar-refractivity contribution in [1.29, 1.82) is 0 Å². The van der Waals surface area contributed by atoms with Crippen molar-refractivity contribution in [3.63, 3.8) is 0 Å². The number of hydrogen-bond donors (Lipinski definition) is 1. The molecule has 0 aromatic carbocycles. The van der Waals surface area contributed by atoms with E-state index < -0.39 is 5.76 Å². The minimum atomic E-state index is -0.605. The summed E-state index contributed by atoms with van der Waals surface area (Å²) in [7, 11) is 0. The van der Waals surface area contributed by atoms with E-state index in [4.69, 9.17) is 11.6 Å². The van der Waals surface area contributed by atoms with Crippen molar-refractivity contribution >= 4 is 11.6 Å². The molecule has 0 saturated carbocycles. The molecule has 0 spiro atoms. The fraction of sp³-hybridized carbons (Fsp3) is 0. The fourth-order valence-electron chi connectivity index (χ4n) is 0.842. The average molecular weight is 198 g/mol. The monoisotopic (exact) mass is 197 g/mol. The van der Waals surface area contributed by atoms with Gasteiger partial charge in [0.15, 0.2) is 0 Å². The van der Waals surface area contributed by atoms with Gasteiger partial charge in [-0.2, -0.15) is 0 Å². The second-order valence-corrected chi connectivity index (χ2v) is 2.72. The first-order valence-corrected chi connectivity index (χ1v) is 3.81. The van der Waals surface area contributed by atoms with Gasteiger partial charge in [0, 0.05) is 6.20 Å². The highest BCUT2D eigenvalue weighted by atomic mass is 35.5. The van der Waals surface area contributed by atoms with E-state index in [0.29, 0.717) is 10.7 Å². The summed E-state index contributed by atoms with van der Waals surface area (Å²) in [6, 6.07) is 3.25. The van der Waals surface area contributed by atoms with Gasteiger partial charge in [0.05, 0.1) is 5.02 Å². The first kappa shape index (κ1) is 8.00. The number of aromatic nitrogens is 3. The lowest BCUT2D eigenvalue weighted by Gasteiger charge is -1.91. The van der Waals surface area contributed by atoms with Crippen LogP contribution in [0.15, 0.2) is 27.5 Å². The van der Waals surface area contributed by atoms with Crippen LogP contribution < -0.4 is 5.76 Å². The van der Waals surface area contributed by atoms with Crippen LogP contribution in [0.5, 0.6) is 0 Å². The summed E-state index contributed by atoms with van der Waals surface area (Å²) in [4.78, 5) is 14.5. The first-order chi connectivity index (χ1) is 6.25. The molecule has 2 aromatic heterocycles. The molecule has 0 aliphatic heterocycles. The normalized spacial score (nSPS) is 10.2. The molecule has 5 nitrogen and oxygen atoms in total. The van der Waals surface area contributed by atoms with E-state index in [1.165, 1.54) is 6.20 Å². The largest absolute Gasteiger partial charge is 0.434 e. The lowest BCUT2D eigenvalue weighted by atomic mass is 10.3. The molecule has 6 heteroatoms. The van der Waals surface area contributed by atoms with Gasteiger partial charge in [-0.1, -0.05) is 11.6 Å². The topological polar surface area (TPSA) is 71.8 Å². The van der Waals surface area contributed by atoms with Crippen molar-refractivity contribution in [3.05, 3.63) is 33.9 Å². The highest BCUT2D eigenvalue weighted by Gasteiger charge is 2.05. The first-order valence-electron chi connectivity index (χ1n) is 3.43. The zero-order valence-electron chi connectivity index (χ0n) is 6.32. The highest BCUT2D eigenvalue weighted by molar-refractivity contribution is 6.30. The molecule has 0 bridgehead atoms. The van der Waals surface area contributed by atoms with Crippen molar-refractivity contribution < 1.29 is 4.42 Å². The number of aromatic amines is 1. The Hall–Kier alpha value is -1.62. The summed E-state index contributed by atoms with van der Waals surface area (Å²) in [5.74, 6) is -0.451. The van der Waals surface area contributed by atoms with Crippen LogP contribution >= 0.6 is 11.6 Å². The van der Waals surface area contributed by atoms with Gasteiger partial charge < -0.3 is 4.42 Å². The summed E-state index contributed by atoms with van der Waals surface area (Å²) >= 11 is 5.62. The zero-order valence-corrected chi connectivity index (χ0v) is 7.08. The number of halogens is 1. The van der Waals surface area contributed by atoms with Crippen molar-refractivity contribution in [1.82, 2.24) is 15.2 Å². The molecular weight excluding hydrogens is 194 g/mol. The zero-order chi connectivity index (χ0) is 9.26. The molecule has 0 aliphatic carbocycles. The highest BCUT2D eigenvalue weighted by Crippen LogP contribution is 2.13. The Morgan fingerprint density at radius 2 is 2.31 bits per heavy atom. The summed E-state index contributed by atoms with van der Waals surface area (Å²) < 4.78 is 4.68. The summed E-state index contributed by atoms with van der Waals surface area (Å²) in [6.07, 6.45) is 1.45. The quantitative estimate of drug-likeness (QED) is 0.743. The van der Waals surface area contributed by atoms with Crippen LogP contribution in [0.1, 0.15) is 0 Å².